The third-order valence-electron chi connectivity index (χ3n) is 4.87. The number of amides is 3. The molecule has 0 saturated carbocycles. The van der Waals surface area contributed by atoms with Crippen molar-refractivity contribution in [3.8, 4) is 12.1 Å². The number of fused-ring (bicyclic) bond motifs is 1. The number of halogens is 1. The van der Waals surface area contributed by atoms with E-state index in [9.17, 15) is 19.2 Å². The second-order valence-corrected chi connectivity index (χ2v) is 7.82. The van der Waals surface area contributed by atoms with Crippen LogP contribution in [0.15, 0.2) is 48.8 Å². The minimum absolute atomic E-state index is 0.0388. The van der Waals surface area contributed by atoms with Crippen LogP contribution in [0.4, 0.5) is 14.9 Å². The Morgan fingerprint density at radius 2 is 2.00 bits per heavy atom. The Labute approximate surface area is 176 Å². The summed E-state index contributed by atoms with van der Waals surface area (Å²) in [7, 11) is 0. The zero-order valence-corrected chi connectivity index (χ0v) is 16.3. The highest BCUT2D eigenvalue weighted by atomic mass is 32.2. The van der Waals surface area contributed by atoms with Gasteiger partial charge in [-0.2, -0.15) is 10.5 Å². The zero-order valence-electron chi connectivity index (χ0n) is 15.5. The summed E-state index contributed by atoms with van der Waals surface area (Å²) >= 11 is 1.26. The highest BCUT2D eigenvalue weighted by Crippen LogP contribution is 2.45. The molecular weight excluding hydrogens is 405 g/mol. The largest absolute Gasteiger partial charge is 0.332 e. The standard InChI is InChI=1S/C21H14FN5O2S/c22-14-8-15(12-25-11-14)27-20(28)19-17(26(21(27)29)7-3-6-23)9-18(30-19)16-5-2-1-4-13(16)10-24/h1-2,4-5,8-9,11-12,17,19H,3,7H2. The van der Waals surface area contributed by atoms with Crippen LogP contribution < -0.4 is 4.90 Å². The molecule has 2 aliphatic rings. The third-order valence-corrected chi connectivity index (χ3v) is 6.22. The van der Waals surface area contributed by atoms with E-state index >= 15 is 0 Å². The molecule has 0 aliphatic carbocycles. The number of nitriles is 2. The van der Waals surface area contributed by atoms with Gasteiger partial charge in [-0.05, 0) is 12.1 Å². The maximum absolute atomic E-state index is 13.7. The van der Waals surface area contributed by atoms with Crippen LogP contribution in [-0.4, -0.2) is 39.7 Å². The number of carbonyl (C=O) groups excluding carboxylic acids is 2. The van der Waals surface area contributed by atoms with Gasteiger partial charge < -0.3 is 4.90 Å². The molecule has 9 heteroatoms. The summed E-state index contributed by atoms with van der Waals surface area (Å²) in [6.45, 7) is 0.118. The average molecular weight is 419 g/mol. The van der Waals surface area contributed by atoms with Crippen molar-refractivity contribution < 1.29 is 14.0 Å². The van der Waals surface area contributed by atoms with E-state index in [1.165, 1.54) is 22.9 Å². The monoisotopic (exact) mass is 419 g/mol. The van der Waals surface area contributed by atoms with Crippen LogP contribution in [0.1, 0.15) is 17.5 Å². The van der Waals surface area contributed by atoms with Crippen molar-refractivity contribution in [1.29, 1.82) is 10.5 Å². The Morgan fingerprint density at radius 1 is 1.20 bits per heavy atom. The van der Waals surface area contributed by atoms with E-state index < -0.39 is 29.0 Å². The number of hydrogen-bond donors (Lipinski definition) is 0. The number of imide groups is 1. The molecule has 2 aromatic rings. The van der Waals surface area contributed by atoms with Crippen molar-refractivity contribution >= 4 is 34.3 Å². The van der Waals surface area contributed by atoms with Crippen LogP contribution in [0.25, 0.3) is 4.91 Å². The molecule has 3 heterocycles. The predicted molar refractivity (Wildman–Crippen MR) is 108 cm³/mol. The minimum Gasteiger partial charge on any atom is -0.315 e. The van der Waals surface area contributed by atoms with Gasteiger partial charge in [-0.15, -0.1) is 11.8 Å². The number of hydrogen-bond acceptors (Lipinski definition) is 6. The summed E-state index contributed by atoms with van der Waals surface area (Å²) < 4.78 is 13.7. The van der Waals surface area contributed by atoms with E-state index in [1.807, 2.05) is 6.07 Å². The number of carbonyl (C=O) groups is 2. The first kappa shape index (κ1) is 19.6. The van der Waals surface area contributed by atoms with Gasteiger partial charge >= 0.3 is 6.03 Å². The van der Waals surface area contributed by atoms with E-state index in [4.69, 9.17) is 5.26 Å². The molecule has 0 spiro atoms. The van der Waals surface area contributed by atoms with Gasteiger partial charge in [0, 0.05) is 23.1 Å². The van der Waals surface area contributed by atoms with Gasteiger partial charge in [-0.25, -0.2) is 14.1 Å². The number of thioether (sulfide) groups is 1. The molecule has 1 fully saturated rings. The fraction of sp³-hybridized carbons (Fsp3) is 0.190. The van der Waals surface area contributed by atoms with Crippen molar-refractivity contribution in [2.75, 3.05) is 11.4 Å². The number of pyridine rings is 1. The van der Waals surface area contributed by atoms with Crippen molar-refractivity contribution in [3.05, 3.63) is 65.7 Å². The van der Waals surface area contributed by atoms with E-state index in [1.54, 1.807) is 30.3 Å². The first-order chi connectivity index (χ1) is 14.5. The van der Waals surface area contributed by atoms with E-state index in [0.29, 0.717) is 16.0 Å². The van der Waals surface area contributed by atoms with Crippen LogP contribution in [0.2, 0.25) is 0 Å². The number of urea groups is 1. The quantitative estimate of drug-likeness (QED) is 0.754. The SMILES string of the molecule is N#CCCN1C(=O)N(c2cncc(F)c2)C(=O)C2SC(c3ccccc3C#N)=CC21. The van der Waals surface area contributed by atoms with Gasteiger partial charge in [-0.1, -0.05) is 18.2 Å². The average Bonchev–Trinajstić information content (AvgIpc) is 3.19. The summed E-state index contributed by atoms with van der Waals surface area (Å²) in [4.78, 5) is 33.2. The first-order valence-electron chi connectivity index (χ1n) is 9.05. The van der Waals surface area contributed by atoms with Gasteiger partial charge in [0.1, 0.15) is 11.1 Å². The molecule has 30 heavy (non-hydrogen) atoms. The lowest BCUT2D eigenvalue weighted by Gasteiger charge is -2.40. The molecule has 2 aliphatic heterocycles. The van der Waals surface area contributed by atoms with Crippen molar-refractivity contribution in [1.82, 2.24) is 9.88 Å². The van der Waals surface area contributed by atoms with E-state index in [2.05, 4.69) is 11.1 Å². The summed E-state index contributed by atoms with van der Waals surface area (Å²) in [6.07, 6.45) is 4.11. The van der Waals surface area contributed by atoms with Gasteiger partial charge in [-0.3, -0.25) is 9.78 Å². The smallest absolute Gasteiger partial charge is 0.315 e. The molecule has 0 radical (unpaired) electrons. The summed E-state index contributed by atoms with van der Waals surface area (Å²) in [5.74, 6) is -1.16. The number of anilines is 1. The van der Waals surface area contributed by atoms with Crippen molar-refractivity contribution in [2.24, 2.45) is 0 Å². The van der Waals surface area contributed by atoms with E-state index in [-0.39, 0.29) is 18.7 Å². The van der Waals surface area contributed by atoms with Gasteiger partial charge in [0.25, 0.3) is 5.91 Å². The second kappa shape index (κ2) is 7.97. The normalized spacial score (nSPS) is 20.4. The van der Waals surface area contributed by atoms with Crippen LogP contribution in [0, 0.1) is 28.5 Å². The highest BCUT2D eigenvalue weighted by molar-refractivity contribution is 8.09. The van der Waals surface area contributed by atoms with Gasteiger partial charge in [0.15, 0.2) is 0 Å². The van der Waals surface area contributed by atoms with Crippen LogP contribution in [-0.2, 0) is 4.79 Å². The molecule has 0 bridgehead atoms. The lowest BCUT2D eigenvalue weighted by molar-refractivity contribution is -0.119. The number of benzene rings is 1. The van der Waals surface area contributed by atoms with Crippen LogP contribution in [0.3, 0.4) is 0 Å². The molecule has 1 saturated heterocycles. The van der Waals surface area contributed by atoms with Crippen molar-refractivity contribution in [2.45, 2.75) is 17.7 Å². The fourth-order valence-corrected chi connectivity index (χ4v) is 4.91. The Bertz CT molecular complexity index is 1150. The lowest BCUT2D eigenvalue weighted by Crippen LogP contribution is -2.62. The number of rotatable bonds is 4. The Morgan fingerprint density at radius 3 is 2.73 bits per heavy atom. The van der Waals surface area contributed by atoms with Crippen molar-refractivity contribution in [3.63, 3.8) is 0 Å². The Hall–Kier alpha value is -3.69. The Balaban J connectivity index is 1.75. The molecular formula is C21H14FN5O2S. The molecule has 3 amide bonds. The van der Waals surface area contributed by atoms with Gasteiger partial charge in [0.2, 0.25) is 0 Å². The summed E-state index contributed by atoms with van der Waals surface area (Å²) in [5, 5.41) is 17.7. The van der Waals surface area contributed by atoms with E-state index in [0.717, 1.165) is 17.2 Å². The third kappa shape index (κ3) is 3.30. The summed E-state index contributed by atoms with van der Waals surface area (Å²) in [5.41, 5.74) is 1.18. The number of nitrogens with zero attached hydrogens (tertiary/aromatic N) is 5. The lowest BCUT2D eigenvalue weighted by atomic mass is 10.0. The molecule has 7 nitrogen and oxygen atoms in total. The molecule has 1 aromatic heterocycles. The summed E-state index contributed by atoms with van der Waals surface area (Å²) in [6, 6.07) is 11.0. The zero-order chi connectivity index (χ0) is 21.3. The molecule has 2 atom stereocenters. The second-order valence-electron chi connectivity index (χ2n) is 6.64. The highest BCUT2D eigenvalue weighted by Gasteiger charge is 2.49. The Kier molecular flexibility index (Phi) is 5.21. The number of aromatic nitrogens is 1. The maximum Gasteiger partial charge on any atom is 0.332 e. The van der Waals surface area contributed by atoms with Crippen LogP contribution in [0.5, 0.6) is 0 Å². The first-order valence-corrected chi connectivity index (χ1v) is 9.93. The fourth-order valence-electron chi connectivity index (χ4n) is 3.54. The van der Waals surface area contributed by atoms with Crippen LogP contribution >= 0.6 is 11.8 Å². The molecule has 2 unspecified atom stereocenters. The molecule has 148 valence electrons. The molecule has 1 aromatic carbocycles. The molecule has 4 rings (SSSR count). The molecule has 0 N–H and O–H groups in total. The minimum atomic E-state index is -0.675. The predicted octanol–water partition coefficient (Wildman–Crippen LogP) is 3.30. The van der Waals surface area contributed by atoms with Gasteiger partial charge in [0.05, 0.1) is 48.2 Å². The topological polar surface area (TPSA) is 101 Å². The maximum atomic E-state index is 13.7.